The first-order chi connectivity index (χ1) is 9.95. The van der Waals surface area contributed by atoms with E-state index in [0.717, 1.165) is 12.8 Å². The molecule has 116 valence electrons. The quantitative estimate of drug-likeness (QED) is 0.768. The van der Waals surface area contributed by atoms with Gasteiger partial charge in [0.05, 0.1) is 6.20 Å². The molecule has 0 aromatic carbocycles. The molecule has 1 aromatic rings. The molecule has 9 heteroatoms. The van der Waals surface area contributed by atoms with Crippen molar-refractivity contribution in [1.29, 1.82) is 0 Å². The summed E-state index contributed by atoms with van der Waals surface area (Å²) >= 11 is 0. The summed E-state index contributed by atoms with van der Waals surface area (Å²) in [6.45, 7) is 1.41. The number of nitrogens with zero attached hydrogens (tertiary/aromatic N) is 5. The molecule has 1 aromatic heterocycles. The fraction of sp³-hybridized carbons (Fsp3) is 0.667. The number of anilines is 1. The maximum absolute atomic E-state index is 12.1. The monoisotopic (exact) mass is 295 g/mol. The van der Waals surface area contributed by atoms with Gasteiger partial charge in [0.1, 0.15) is 6.54 Å². The highest BCUT2D eigenvalue weighted by atomic mass is 16.2. The Labute approximate surface area is 123 Å². The molecule has 0 atom stereocenters. The third kappa shape index (κ3) is 4.15. The highest BCUT2D eigenvalue weighted by molar-refractivity contribution is 5.87. The molecule has 2 heterocycles. The van der Waals surface area contributed by atoms with Crippen LogP contribution in [0, 0.1) is 0 Å². The molecule has 0 bridgehead atoms. The van der Waals surface area contributed by atoms with E-state index in [1.165, 1.54) is 15.9 Å². The zero-order valence-corrected chi connectivity index (χ0v) is 12.3. The van der Waals surface area contributed by atoms with Gasteiger partial charge in [-0.1, -0.05) is 0 Å². The van der Waals surface area contributed by atoms with Crippen molar-refractivity contribution in [3.63, 3.8) is 0 Å². The minimum atomic E-state index is -0.293. The van der Waals surface area contributed by atoms with Crippen molar-refractivity contribution in [3.8, 4) is 0 Å². The summed E-state index contributed by atoms with van der Waals surface area (Å²) in [5, 5.41) is 10.6. The summed E-state index contributed by atoms with van der Waals surface area (Å²) in [6.07, 6.45) is 3.06. The van der Waals surface area contributed by atoms with Crippen molar-refractivity contribution in [2.24, 2.45) is 5.73 Å². The zero-order valence-electron chi connectivity index (χ0n) is 12.3. The summed E-state index contributed by atoms with van der Waals surface area (Å²) in [7, 11) is 3.26. The Morgan fingerprint density at radius 2 is 2.10 bits per heavy atom. The molecule has 0 aliphatic carbocycles. The van der Waals surface area contributed by atoms with Gasteiger partial charge in [-0.2, -0.15) is 9.90 Å². The number of amides is 3. The van der Waals surface area contributed by atoms with E-state index in [1.54, 1.807) is 19.0 Å². The van der Waals surface area contributed by atoms with Crippen LogP contribution in [-0.2, 0) is 11.3 Å². The van der Waals surface area contributed by atoms with Gasteiger partial charge in [0.2, 0.25) is 5.91 Å². The van der Waals surface area contributed by atoms with Crippen LogP contribution in [0.15, 0.2) is 6.20 Å². The van der Waals surface area contributed by atoms with Gasteiger partial charge in [-0.15, -0.1) is 5.10 Å². The Balaban J connectivity index is 1.87. The standard InChI is InChI=1S/C12H21N7O2/c1-17(2)12(21)15-10-7-14-19(16-10)8-11(20)18-5-3-9(13)4-6-18/h7,9H,3-6,8,13H2,1-2H3,(H,15,16,21). The molecular weight excluding hydrogens is 274 g/mol. The first-order valence-corrected chi connectivity index (χ1v) is 6.87. The van der Waals surface area contributed by atoms with Gasteiger partial charge in [0.25, 0.3) is 0 Å². The van der Waals surface area contributed by atoms with E-state index in [4.69, 9.17) is 5.73 Å². The van der Waals surface area contributed by atoms with Crippen molar-refractivity contribution >= 4 is 17.8 Å². The van der Waals surface area contributed by atoms with Gasteiger partial charge in [0.15, 0.2) is 5.82 Å². The maximum atomic E-state index is 12.1. The highest BCUT2D eigenvalue weighted by Gasteiger charge is 2.21. The summed E-state index contributed by atoms with van der Waals surface area (Å²) in [5.74, 6) is 0.283. The second-order valence-corrected chi connectivity index (χ2v) is 5.30. The molecule has 0 saturated carbocycles. The van der Waals surface area contributed by atoms with Gasteiger partial charge in [-0.3, -0.25) is 10.1 Å². The Kier molecular flexibility index (Phi) is 4.73. The number of aromatic nitrogens is 3. The van der Waals surface area contributed by atoms with Crippen LogP contribution in [0.3, 0.4) is 0 Å². The van der Waals surface area contributed by atoms with Crippen LogP contribution in [0.4, 0.5) is 10.6 Å². The van der Waals surface area contributed by atoms with Gasteiger partial charge < -0.3 is 15.5 Å². The molecule has 1 fully saturated rings. The molecule has 1 aliphatic rings. The third-order valence-corrected chi connectivity index (χ3v) is 3.35. The van der Waals surface area contributed by atoms with E-state index in [2.05, 4.69) is 15.5 Å². The molecule has 0 unspecified atom stereocenters. The average molecular weight is 295 g/mol. The SMILES string of the molecule is CN(C)C(=O)Nc1cnn(CC(=O)N2CCC(N)CC2)n1. The maximum Gasteiger partial charge on any atom is 0.322 e. The van der Waals surface area contributed by atoms with E-state index in [0.29, 0.717) is 18.9 Å². The first kappa shape index (κ1) is 15.2. The number of piperidine rings is 1. The fourth-order valence-corrected chi connectivity index (χ4v) is 2.02. The van der Waals surface area contributed by atoms with Crippen molar-refractivity contribution in [2.75, 3.05) is 32.5 Å². The molecule has 2 rings (SSSR count). The van der Waals surface area contributed by atoms with Crippen LogP contribution in [0.5, 0.6) is 0 Å². The Morgan fingerprint density at radius 3 is 2.71 bits per heavy atom. The number of hydrogen-bond acceptors (Lipinski definition) is 5. The molecular formula is C12H21N7O2. The first-order valence-electron chi connectivity index (χ1n) is 6.87. The number of carbonyl (C=O) groups excluding carboxylic acids is 2. The van der Waals surface area contributed by atoms with Crippen LogP contribution in [0.25, 0.3) is 0 Å². The van der Waals surface area contributed by atoms with Gasteiger partial charge in [0, 0.05) is 33.2 Å². The van der Waals surface area contributed by atoms with E-state index < -0.39 is 0 Å². The Bertz CT molecular complexity index is 505. The highest BCUT2D eigenvalue weighted by Crippen LogP contribution is 2.09. The number of nitrogens with one attached hydrogen (secondary N) is 1. The minimum Gasteiger partial charge on any atom is -0.341 e. The number of nitrogens with two attached hydrogens (primary N) is 1. The lowest BCUT2D eigenvalue weighted by Gasteiger charge is -2.29. The number of likely N-dealkylation sites (tertiary alicyclic amines) is 1. The predicted octanol–water partition coefficient (Wildman–Crippen LogP) is -0.679. The van der Waals surface area contributed by atoms with Crippen molar-refractivity contribution in [2.45, 2.75) is 25.4 Å². The largest absolute Gasteiger partial charge is 0.341 e. The number of urea groups is 1. The minimum absolute atomic E-state index is 0.0389. The topological polar surface area (TPSA) is 109 Å². The van der Waals surface area contributed by atoms with E-state index >= 15 is 0 Å². The van der Waals surface area contributed by atoms with Crippen molar-refractivity contribution in [1.82, 2.24) is 24.8 Å². The Morgan fingerprint density at radius 1 is 1.43 bits per heavy atom. The summed E-state index contributed by atoms with van der Waals surface area (Å²) < 4.78 is 0. The second kappa shape index (κ2) is 6.53. The lowest BCUT2D eigenvalue weighted by Crippen LogP contribution is -2.44. The van der Waals surface area contributed by atoms with E-state index in [1.807, 2.05) is 0 Å². The number of carbonyl (C=O) groups is 2. The number of hydrogen-bond donors (Lipinski definition) is 2. The third-order valence-electron chi connectivity index (χ3n) is 3.35. The molecule has 3 N–H and O–H groups in total. The van der Waals surface area contributed by atoms with Gasteiger partial charge in [-0.05, 0) is 12.8 Å². The van der Waals surface area contributed by atoms with Gasteiger partial charge in [-0.25, -0.2) is 4.79 Å². The normalized spacial score (nSPS) is 15.9. The average Bonchev–Trinajstić information content (AvgIpc) is 2.86. The van der Waals surface area contributed by atoms with Crippen LogP contribution < -0.4 is 11.1 Å². The van der Waals surface area contributed by atoms with Crippen LogP contribution >= 0.6 is 0 Å². The summed E-state index contributed by atoms with van der Waals surface area (Å²) in [5.41, 5.74) is 5.81. The molecule has 1 aliphatic heterocycles. The zero-order chi connectivity index (χ0) is 15.4. The lowest BCUT2D eigenvalue weighted by molar-refractivity contribution is -0.133. The smallest absolute Gasteiger partial charge is 0.322 e. The van der Waals surface area contributed by atoms with Crippen LogP contribution in [0.1, 0.15) is 12.8 Å². The molecule has 3 amide bonds. The predicted molar refractivity (Wildman–Crippen MR) is 76.5 cm³/mol. The van der Waals surface area contributed by atoms with Crippen molar-refractivity contribution in [3.05, 3.63) is 6.20 Å². The molecule has 9 nitrogen and oxygen atoms in total. The van der Waals surface area contributed by atoms with E-state index in [9.17, 15) is 9.59 Å². The van der Waals surface area contributed by atoms with Gasteiger partial charge >= 0.3 is 6.03 Å². The number of rotatable bonds is 3. The summed E-state index contributed by atoms with van der Waals surface area (Å²) in [4.78, 5) is 28.0. The van der Waals surface area contributed by atoms with E-state index in [-0.39, 0.29) is 24.5 Å². The molecule has 0 spiro atoms. The lowest BCUT2D eigenvalue weighted by atomic mass is 10.1. The molecule has 21 heavy (non-hydrogen) atoms. The second-order valence-electron chi connectivity index (χ2n) is 5.30. The molecule has 1 saturated heterocycles. The summed E-state index contributed by atoms with van der Waals surface area (Å²) in [6, 6.07) is -0.108. The molecule has 0 radical (unpaired) electrons. The Hall–Kier alpha value is -2.16. The van der Waals surface area contributed by atoms with Crippen LogP contribution in [-0.4, -0.2) is 70.0 Å². The fourth-order valence-electron chi connectivity index (χ4n) is 2.02. The van der Waals surface area contributed by atoms with Crippen molar-refractivity contribution < 1.29 is 9.59 Å². The van der Waals surface area contributed by atoms with Crippen LogP contribution in [0.2, 0.25) is 0 Å².